The fourth-order valence-electron chi connectivity index (χ4n) is 16.9. The van der Waals surface area contributed by atoms with Crippen molar-refractivity contribution in [2.45, 2.75) is 214 Å². The van der Waals surface area contributed by atoms with E-state index in [-0.39, 0.29) is 50.2 Å². The third kappa shape index (κ3) is 8.12. The standard InChI is InChI=1S/C81H90BN3OS/c1-47-39-56-57(79(16,17)38-37-78(56,14)15)46-63(47)84-66-44-51(77(11,12)13)43-65-71(66)82(60-30-33-68-70(72(60)84)55-41-48(74(2,3)4)26-32-67(55)86-68)59-29-28-52(85-61-31-25-50(76(8,9)10)42-58(61)80(18)35-20-21-36-81(80,85)19)45-64(59)83(65)62-24-22-23-53-54-40-49(75(5,6)7)27-34-69(54)87-73(53)62/h22-34,39-46H,20-21,35-38H2,1-19H3. The van der Waals surface area contributed by atoms with E-state index >= 15 is 0 Å². The summed E-state index contributed by atoms with van der Waals surface area (Å²) in [4.78, 5) is 8.32. The lowest BCUT2D eigenvalue weighted by molar-refractivity contribution is 0.195. The molecular formula is C81H90BN3OS. The van der Waals surface area contributed by atoms with Gasteiger partial charge in [0.1, 0.15) is 11.2 Å². The van der Waals surface area contributed by atoms with Crippen molar-refractivity contribution in [1.82, 2.24) is 0 Å². The molecular weight excluding hydrogens is 1070 g/mol. The minimum Gasteiger partial charge on any atom is -0.456 e. The van der Waals surface area contributed by atoms with E-state index in [0.29, 0.717) is 0 Å². The van der Waals surface area contributed by atoms with E-state index in [4.69, 9.17) is 4.42 Å². The number of hydrogen-bond donors (Lipinski definition) is 0. The highest BCUT2D eigenvalue weighted by atomic mass is 32.1. The van der Waals surface area contributed by atoms with Crippen molar-refractivity contribution in [3.8, 4) is 0 Å². The van der Waals surface area contributed by atoms with Crippen LogP contribution in [0.2, 0.25) is 0 Å². The second-order valence-electron chi connectivity index (χ2n) is 33.3. The van der Waals surface area contributed by atoms with Gasteiger partial charge in [-0.1, -0.05) is 185 Å². The van der Waals surface area contributed by atoms with Gasteiger partial charge in [-0.25, -0.2) is 0 Å². The molecule has 3 aliphatic heterocycles. The number of furan rings is 1. The number of anilines is 8. The molecule has 2 aliphatic carbocycles. The summed E-state index contributed by atoms with van der Waals surface area (Å²) in [7, 11) is 0. The van der Waals surface area contributed by atoms with E-state index < -0.39 is 0 Å². The van der Waals surface area contributed by atoms with Crippen molar-refractivity contribution in [2.24, 2.45) is 0 Å². The largest absolute Gasteiger partial charge is 0.456 e. The second kappa shape index (κ2) is 18.2. The Bertz CT molecular complexity index is 4600. The van der Waals surface area contributed by atoms with E-state index in [1.807, 2.05) is 11.3 Å². The lowest BCUT2D eigenvalue weighted by Gasteiger charge is -2.51. The third-order valence-electron chi connectivity index (χ3n) is 22.6. The molecule has 0 N–H and O–H groups in total. The van der Waals surface area contributed by atoms with Crippen molar-refractivity contribution < 1.29 is 4.42 Å². The fourth-order valence-corrected chi connectivity index (χ4v) is 18.0. The maximum absolute atomic E-state index is 7.11. The zero-order chi connectivity index (χ0) is 61.4. The highest BCUT2D eigenvalue weighted by Gasteiger charge is 2.58. The highest BCUT2D eigenvalue weighted by molar-refractivity contribution is 7.26. The molecule has 87 heavy (non-hydrogen) atoms. The molecule has 10 aromatic rings. The first-order chi connectivity index (χ1) is 40.8. The molecule has 444 valence electrons. The molecule has 0 saturated heterocycles. The number of rotatable bonds is 3. The summed E-state index contributed by atoms with van der Waals surface area (Å²) >= 11 is 1.96. The van der Waals surface area contributed by atoms with Gasteiger partial charge in [-0.15, -0.1) is 11.3 Å². The first kappa shape index (κ1) is 56.7. The molecule has 2 atom stereocenters. The van der Waals surface area contributed by atoms with Crippen LogP contribution in [0, 0.1) is 6.92 Å². The average Bonchev–Trinajstić information content (AvgIpc) is 1.46. The Labute approximate surface area is 523 Å². The Kier molecular flexibility index (Phi) is 11.9. The molecule has 1 fully saturated rings. The Morgan fingerprint density at radius 3 is 1.75 bits per heavy atom. The van der Waals surface area contributed by atoms with Crippen molar-refractivity contribution in [2.75, 3.05) is 14.7 Å². The summed E-state index contributed by atoms with van der Waals surface area (Å²) in [6.45, 7) is 45.8. The van der Waals surface area contributed by atoms with Crippen LogP contribution < -0.4 is 31.1 Å². The normalized spacial score (nSPS) is 20.5. The minimum atomic E-state index is -0.203. The highest BCUT2D eigenvalue weighted by Crippen LogP contribution is 2.62. The number of benzene rings is 8. The van der Waals surface area contributed by atoms with Gasteiger partial charge >= 0.3 is 0 Å². The molecule has 6 heteroatoms. The minimum absolute atomic E-state index is 0.00200. The van der Waals surface area contributed by atoms with Gasteiger partial charge in [0.25, 0.3) is 6.71 Å². The Morgan fingerprint density at radius 2 is 1.06 bits per heavy atom. The summed E-state index contributed by atoms with van der Waals surface area (Å²) in [5.74, 6) is 0. The van der Waals surface area contributed by atoms with E-state index in [2.05, 4.69) is 274 Å². The van der Waals surface area contributed by atoms with Gasteiger partial charge in [-0.05, 0) is 206 Å². The van der Waals surface area contributed by atoms with Crippen LogP contribution in [0.5, 0.6) is 0 Å². The molecule has 0 bridgehead atoms. The van der Waals surface area contributed by atoms with Crippen LogP contribution >= 0.6 is 11.3 Å². The zero-order valence-corrected chi connectivity index (χ0v) is 56.4. The summed E-state index contributed by atoms with van der Waals surface area (Å²) in [6.07, 6.45) is 7.09. The predicted molar refractivity (Wildman–Crippen MR) is 378 cm³/mol. The van der Waals surface area contributed by atoms with Crippen molar-refractivity contribution in [3.63, 3.8) is 0 Å². The van der Waals surface area contributed by atoms with Crippen LogP contribution in [0.1, 0.15) is 208 Å². The quantitative estimate of drug-likeness (QED) is 0.164. The average molecular weight is 1160 g/mol. The van der Waals surface area contributed by atoms with Crippen LogP contribution in [-0.2, 0) is 37.9 Å². The summed E-state index contributed by atoms with van der Waals surface area (Å²) in [6, 6.07) is 51.8. The number of nitrogens with zero attached hydrogens (tertiary/aromatic N) is 3. The van der Waals surface area contributed by atoms with Crippen LogP contribution in [0.4, 0.5) is 45.5 Å². The maximum atomic E-state index is 7.11. The Morgan fingerprint density at radius 1 is 0.460 bits per heavy atom. The van der Waals surface area contributed by atoms with Crippen molar-refractivity contribution in [3.05, 3.63) is 172 Å². The molecule has 8 aromatic carbocycles. The summed E-state index contributed by atoms with van der Waals surface area (Å²) in [5, 5.41) is 5.03. The van der Waals surface area contributed by atoms with Crippen LogP contribution in [0.15, 0.2) is 132 Å². The third-order valence-corrected chi connectivity index (χ3v) is 23.8. The van der Waals surface area contributed by atoms with E-state index in [1.165, 1.54) is 163 Å². The van der Waals surface area contributed by atoms with Crippen molar-refractivity contribution >= 4 is 122 Å². The fraction of sp³-hybridized carbons (Fsp3) is 0.407. The van der Waals surface area contributed by atoms with Gasteiger partial charge in [-0.2, -0.15) is 0 Å². The van der Waals surface area contributed by atoms with Crippen molar-refractivity contribution in [1.29, 1.82) is 0 Å². The second-order valence-corrected chi connectivity index (χ2v) is 34.3. The molecule has 1 saturated carbocycles. The molecule has 15 rings (SSSR count). The Hall–Kier alpha value is -6.76. The van der Waals surface area contributed by atoms with Gasteiger partial charge < -0.3 is 19.1 Å². The molecule has 0 radical (unpaired) electrons. The number of thiophene rings is 1. The van der Waals surface area contributed by atoms with Crippen LogP contribution in [-0.4, -0.2) is 12.3 Å². The monoisotopic (exact) mass is 1160 g/mol. The van der Waals surface area contributed by atoms with Gasteiger partial charge in [0.05, 0.1) is 27.0 Å². The number of aryl methyl sites for hydroxylation is 1. The van der Waals surface area contributed by atoms with Gasteiger partial charge in [0.2, 0.25) is 0 Å². The van der Waals surface area contributed by atoms with Gasteiger partial charge in [-0.3, -0.25) is 0 Å². The smallest absolute Gasteiger partial charge is 0.252 e. The zero-order valence-electron chi connectivity index (χ0n) is 55.6. The lowest BCUT2D eigenvalue weighted by Crippen LogP contribution is -2.61. The first-order valence-corrected chi connectivity index (χ1v) is 33.6. The molecule has 5 aliphatic rings. The van der Waals surface area contributed by atoms with Gasteiger partial charge in [0.15, 0.2) is 0 Å². The molecule has 5 heterocycles. The summed E-state index contributed by atoms with van der Waals surface area (Å²) < 4.78 is 9.76. The SMILES string of the molecule is Cc1cc2c(cc1N1c3cc(C(C)(C)C)cc4c3B(c3ccc(N5c6ccc(C(C)(C)C)cc6C6(C)CCCCC56C)cc3N4c3cccc4c3sc3ccc(C(C)(C)C)cc34)c3ccc4oc5ccc(C(C)(C)C)cc5c4c31)C(C)(C)CCC2(C)C. The number of fused-ring (bicyclic) bond motifs is 15. The van der Waals surface area contributed by atoms with E-state index in [0.717, 1.165) is 24.0 Å². The van der Waals surface area contributed by atoms with Gasteiger partial charge in [0, 0.05) is 60.4 Å². The number of hydrogen-bond acceptors (Lipinski definition) is 5. The molecule has 2 unspecified atom stereocenters. The Balaban J connectivity index is 1.08. The van der Waals surface area contributed by atoms with Crippen LogP contribution in [0.3, 0.4) is 0 Å². The molecule has 2 aromatic heterocycles. The maximum Gasteiger partial charge on any atom is 0.252 e. The predicted octanol–water partition coefficient (Wildman–Crippen LogP) is 21.6. The first-order valence-electron chi connectivity index (χ1n) is 32.8. The lowest BCUT2D eigenvalue weighted by atomic mass is 9.33. The summed E-state index contributed by atoms with van der Waals surface area (Å²) in [5.41, 5.74) is 26.9. The van der Waals surface area contributed by atoms with Crippen LogP contribution in [0.25, 0.3) is 42.1 Å². The topological polar surface area (TPSA) is 22.9 Å². The molecule has 0 spiro atoms. The van der Waals surface area contributed by atoms with E-state index in [9.17, 15) is 0 Å². The van der Waals surface area contributed by atoms with E-state index in [1.54, 1.807) is 0 Å². The molecule has 0 amide bonds. The molecule has 4 nitrogen and oxygen atoms in total.